The van der Waals surface area contributed by atoms with Gasteiger partial charge >= 0.3 is 0 Å². The van der Waals surface area contributed by atoms with Crippen LogP contribution in [0.15, 0.2) is 0 Å². The van der Waals surface area contributed by atoms with Crippen molar-refractivity contribution in [3.8, 4) is 0 Å². The van der Waals surface area contributed by atoms with Crippen molar-refractivity contribution in [1.82, 2.24) is 0 Å². The standard InChI is InChI=1S/C17H31BrO2/c1-16(2,3)14-7-9-17(13-18,10-8-14)20-12-15-6-4-5-11-19-15/h14-15H,4-13H2,1-3H3. The van der Waals surface area contributed by atoms with Crippen LogP contribution < -0.4 is 0 Å². The van der Waals surface area contributed by atoms with Crippen LogP contribution in [0, 0.1) is 11.3 Å². The van der Waals surface area contributed by atoms with E-state index in [1.165, 1.54) is 44.9 Å². The number of ether oxygens (including phenoxy) is 2. The van der Waals surface area contributed by atoms with E-state index >= 15 is 0 Å². The zero-order valence-corrected chi connectivity index (χ0v) is 15.0. The first-order chi connectivity index (χ1) is 9.45. The van der Waals surface area contributed by atoms with E-state index in [9.17, 15) is 0 Å². The van der Waals surface area contributed by atoms with Crippen LogP contribution >= 0.6 is 15.9 Å². The van der Waals surface area contributed by atoms with Crippen LogP contribution in [0.1, 0.15) is 65.7 Å². The van der Waals surface area contributed by atoms with Gasteiger partial charge in [0.2, 0.25) is 0 Å². The second kappa shape index (κ2) is 7.11. The molecule has 0 bridgehead atoms. The Labute approximate surface area is 133 Å². The summed E-state index contributed by atoms with van der Waals surface area (Å²) in [5.41, 5.74) is 0.494. The highest BCUT2D eigenvalue weighted by atomic mass is 79.9. The van der Waals surface area contributed by atoms with Crippen LogP contribution in [-0.4, -0.2) is 30.2 Å². The maximum absolute atomic E-state index is 6.35. The molecule has 1 saturated heterocycles. The second-order valence-corrected chi connectivity index (χ2v) is 8.32. The Balaban J connectivity index is 1.82. The van der Waals surface area contributed by atoms with Gasteiger partial charge in [-0.15, -0.1) is 0 Å². The van der Waals surface area contributed by atoms with E-state index in [-0.39, 0.29) is 5.60 Å². The van der Waals surface area contributed by atoms with Crippen LogP contribution in [0.5, 0.6) is 0 Å². The lowest BCUT2D eigenvalue weighted by atomic mass is 9.69. The van der Waals surface area contributed by atoms with Crippen molar-refractivity contribution >= 4 is 15.9 Å². The molecule has 2 fully saturated rings. The molecule has 20 heavy (non-hydrogen) atoms. The van der Waals surface area contributed by atoms with Gasteiger partial charge in [0.15, 0.2) is 0 Å². The molecule has 0 radical (unpaired) electrons. The normalized spacial score (nSPS) is 36.0. The molecule has 2 rings (SSSR count). The summed E-state index contributed by atoms with van der Waals surface area (Å²) >= 11 is 3.70. The summed E-state index contributed by atoms with van der Waals surface area (Å²) in [6.45, 7) is 8.81. The minimum atomic E-state index is 0.0581. The molecule has 2 nitrogen and oxygen atoms in total. The summed E-state index contributed by atoms with van der Waals surface area (Å²) in [6.07, 6.45) is 8.97. The molecule has 0 aromatic heterocycles. The summed E-state index contributed by atoms with van der Waals surface area (Å²) in [6, 6.07) is 0. The van der Waals surface area contributed by atoms with Crippen molar-refractivity contribution in [3.63, 3.8) is 0 Å². The van der Waals surface area contributed by atoms with E-state index in [2.05, 4.69) is 36.7 Å². The zero-order valence-electron chi connectivity index (χ0n) is 13.4. The van der Waals surface area contributed by atoms with Gasteiger partial charge in [0.1, 0.15) is 0 Å². The summed E-state index contributed by atoms with van der Waals surface area (Å²) in [5.74, 6) is 0.837. The first-order valence-electron chi connectivity index (χ1n) is 8.27. The van der Waals surface area contributed by atoms with Crippen molar-refractivity contribution in [1.29, 1.82) is 0 Å². The van der Waals surface area contributed by atoms with Crippen molar-refractivity contribution in [3.05, 3.63) is 0 Å². The molecule has 0 N–H and O–H groups in total. The number of hydrogen-bond acceptors (Lipinski definition) is 2. The van der Waals surface area contributed by atoms with Gasteiger partial charge in [-0.3, -0.25) is 0 Å². The summed E-state index contributed by atoms with van der Waals surface area (Å²) in [4.78, 5) is 0. The minimum absolute atomic E-state index is 0.0581. The molecule has 1 atom stereocenters. The number of rotatable bonds is 4. The van der Waals surface area contributed by atoms with Gasteiger partial charge in [-0.1, -0.05) is 36.7 Å². The lowest BCUT2D eigenvalue weighted by Gasteiger charge is -2.43. The number of alkyl halides is 1. The quantitative estimate of drug-likeness (QED) is 0.671. The highest BCUT2D eigenvalue weighted by molar-refractivity contribution is 9.09. The third-order valence-electron chi connectivity index (χ3n) is 5.21. The molecule has 2 aliphatic rings. The molecule has 1 aliphatic carbocycles. The minimum Gasteiger partial charge on any atom is -0.376 e. The third-order valence-corrected chi connectivity index (χ3v) is 6.24. The molecule has 0 amide bonds. The first kappa shape index (κ1) is 16.8. The molecule has 1 aliphatic heterocycles. The van der Waals surface area contributed by atoms with Crippen molar-refractivity contribution in [2.75, 3.05) is 18.5 Å². The van der Waals surface area contributed by atoms with E-state index in [1.807, 2.05) is 0 Å². The van der Waals surface area contributed by atoms with Crippen LogP contribution in [0.4, 0.5) is 0 Å². The Hall–Kier alpha value is 0.400. The molecule has 118 valence electrons. The molecule has 1 saturated carbocycles. The Morgan fingerprint density at radius 1 is 1.15 bits per heavy atom. The monoisotopic (exact) mass is 346 g/mol. The highest BCUT2D eigenvalue weighted by Crippen LogP contribution is 2.43. The zero-order chi connectivity index (χ0) is 14.6. The molecule has 3 heteroatoms. The number of halogens is 1. The molecule has 0 aromatic rings. The highest BCUT2D eigenvalue weighted by Gasteiger charge is 2.39. The first-order valence-corrected chi connectivity index (χ1v) is 9.39. The van der Waals surface area contributed by atoms with Gasteiger partial charge < -0.3 is 9.47 Å². The fourth-order valence-electron chi connectivity index (χ4n) is 3.54. The molecule has 1 heterocycles. The Morgan fingerprint density at radius 3 is 2.35 bits per heavy atom. The predicted octanol–water partition coefficient (Wildman–Crippen LogP) is 4.94. The SMILES string of the molecule is CC(C)(C)C1CCC(CBr)(OCC2CCCCO2)CC1. The average molecular weight is 347 g/mol. The van der Waals surface area contributed by atoms with Crippen LogP contribution in [0.3, 0.4) is 0 Å². The lowest BCUT2D eigenvalue weighted by molar-refractivity contribution is -0.118. The van der Waals surface area contributed by atoms with Gasteiger partial charge in [-0.2, -0.15) is 0 Å². The Kier molecular flexibility index (Phi) is 5.96. The van der Waals surface area contributed by atoms with E-state index in [0.29, 0.717) is 11.5 Å². The number of hydrogen-bond donors (Lipinski definition) is 0. The fourth-order valence-corrected chi connectivity index (χ4v) is 4.26. The average Bonchev–Trinajstić information content (AvgIpc) is 2.46. The van der Waals surface area contributed by atoms with Gasteiger partial charge in [-0.25, -0.2) is 0 Å². The maximum Gasteiger partial charge on any atom is 0.0808 e. The largest absolute Gasteiger partial charge is 0.376 e. The third kappa shape index (κ3) is 4.45. The topological polar surface area (TPSA) is 18.5 Å². The second-order valence-electron chi connectivity index (χ2n) is 7.76. The van der Waals surface area contributed by atoms with Crippen LogP contribution in [0.2, 0.25) is 0 Å². The summed E-state index contributed by atoms with van der Waals surface area (Å²) < 4.78 is 12.1. The van der Waals surface area contributed by atoms with Crippen LogP contribution in [-0.2, 0) is 9.47 Å². The molecule has 0 spiro atoms. The van der Waals surface area contributed by atoms with E-state index < -0.39 is 0 Å². The predicted molar refractivity (Wildman–Crippen MR) is 87.5 cm³/mol. The van der Waals surface area contributed by atoms with Crippen molar-refractivity contribution in [2.24, 2.45) is 11.3 Å². The van der Waals surface area contributed by atoms with Gasteiger partial charge in [0.05, 0.1) is 18.3 Å². The van der Waals surface area contributed by atoms with E-state index in [1.54, 1.807) is 0 Å². The summed E-state index contributed by atoms with van der Waals surface area (Å²) in [7, 11) is 0. The van der Waals surface area contributed by atoms with E-state index in [4.69, 9.17) is 9.47 Å². The fraction of sp³-hybridized carbons (Fsp3) is 1.00. The van der Waals surface area contributed by atoms with Crippen molar-refractivity contribution in [2.45, 2.75) is 77.4 Å². The summed E-state index contributed by atoms with van der Waals surface area (Å²) in [5, 5.41) is 0.962. The molecular weight excluding hydrogens is 316 g/mol. The van der Waals surface area contributed by atoms with Gasteiger partial charge in [-0.05, 0) is 56.3 Å². The van der Waals surface area contributed by atoms with E-state index in [0.717, 1.165) is 24.5 Å². The van der Waals surface area contributed by atoms with Gasteiger partial charge in [0.25, 0.3) is 0 Å². The smallest absolute Gasteiger partial charge is 0.0808 e. The lowest BCUT2D eigenvalue weighted by Crippen LogP contribution is -2.43. The maximum atomic E-state index is 6.35. The molecule has 0 aromatic carbocycles. The molecule has 1 unspecified atom stereocenters. The van der Waals surface area contributed by atoms with Crippen molar-refractivity contribution < 1.29 is 9.47 Å². The molecular formula is C17H31BrO2. The van der Waals surface area contributed by atoms with Crippen LogP contribution in [0.25, 0.3) is 0 Å². The Morgan fingerprint density at radius 2 is 1.85 bits per heavy atom. The Bertz CT molecular complexity index is 284. The van der Waals surface area contributed by atoms with Gasteiger partial charge in [0, 0.05) is 11.9 Å².